The van der Waals surface area contributed by atoms with Crippen molar-refractivity contribution in [3.05, 3.63) is 101 Å². The minimum Gasteiger partial charge on any atom is -0.489 e. The Morgan fingerprint density at radius 3 is 2.32 bits per heavy atom. The summed E-state index contributed by atoms with van der Waals surface area (Å²) in [6, 6.07) is 26.6. The lowest BCUT2D eigenvalue weighted by molar-refractivity contribution is 0.301. The topological polar surface area (TPSA) is 21.3 Å². The molecule has 0 saturated heterocycles. The van der Waals surface area contributed by atoms with Crippen LogP contribution in [0.5, 0.6) is 5.75 Å². The van der Waals surface area contributed by atoms with Gasteiger partial charge in [0.25, 0.3) is 0 Å². The molecule has 0 aliphatic heterocycles. The predicted molar refractivity (Wildman–Crippen MR) is 104 cm³/mol. The molecule has 0 unspecified atom stereocenters. The van der Waals surface area contributed by atoms with Gasteiger partial charge in [-0.2, -0.15) is 0 Å². The van der Waals surface area contributed by atoms with Crippen molar-refractivity contribution in [1.29, 1.82) is 0 Å². The van der Waals surface area contributed by atoms with Crippen LogP contribution in [0.15, 0.2) is 78.9 Å². The molecule has 0 heterocycles. The van der Waals surface area contributed by atoms with Gasteiger partial charge in [0, 0.05) is 23.2 Å². The van der Waals surface area contributed by atoms with Gasteiger partial charge in [-0.1, -0.05) is 72.3 Å². The molecule has 1 atom stereocenters. The average molecular weight is 352 g/mol. The summed E-state index contributed by atoms with van der Waals surface area (Å²) >= 11 is 6.18. The highest BCUT2D eigenvalue weighted by atomic mass is 35.5. The first-order chi connectivity index (χ1) is 12.2. The molecule has 0 saturated carbocycles. The first-order valence-electron chi connectivity index (χ1n) is 8.46. The van der Waals surface area contributed by atoms with Crippen LogP contribution < -0.4 is 10.1 Å². The van der Waals surface area contributed by atoms with Crippen molar-refractivity contribution in [3.63, 3.8) is 0 Å². The van der Waals surface area contributed by atoms with Gasteiger partial charge in [0.05, 0.1) is 0 Å². The normalized spacial score (nSPS) is 11.9. The van der Waals surface area contributed by atoms with Crippen LogP contribution in [0.25, 0.3) is 0 Å². The number of hydrogen-bond donors (Lipinski definition) is 1. The standard InChI is InChI=1S/C22H22ClNO/c1-17(19-10-6-3-7-11-19)24-15-20-14-21(23)12-13-22(20)25-16-18-8-4-2-5-9-18/h2-14,17,24H,15-16H2,1H3/t17-/m1/s1. The third-order valence-electron chi connectivity index (χ3n) is 4.16. The first-order valence-corrected chi connectivity index (χ1v) is 8.83. The largest absolute Gasteiger partial charge is 0.489 e. The molecule has 0 aromatic heterocycles. The lowest BCUT2D eigenvalue weighted by atomic mass is 10.1. The van der Waals surface area contributed by atoms with Gasteiger partial charge in [-0.05, 0) is 36.2 Å². The highest BCUT2D eigenvalue weighted by Crippen LogP contribution is 2.25. The van der Waals surface area contributed by atoms with Crippen LogP contribution in [0.1, 0.15) is 29.7 Å². The summed E-state index contributed by atoms with van der Waals surface area (Å²) in [5, 5.41) is 4.26. The quantitative estimate of drug-likeness (QED) is 0.583. The minimum atomic E-state index is 0.252. The Morgan fingerprint density at radius 1 is 0.920 bits per heavy atom. The van der Waals surface area contributed by atoms with Gasteiger partial charge in [0.1, 0.15) is 12.4 Å². The van der Waals surface area contributed by atoms with Crippen molar-refractivity contribution in [1.82, 2.24) is 5.32 Å². The number of halogens is 1. The molecule has 0 aliphatic rings. The van der Waals surface area contributed by atoms with Crippen LogP contribution in [0.4, 0.5) is 0 Å². The summed E-state index contributed by atoms with van der Waals surface area (Å²) < 4.78 is 6.02. The fourth-order valence-electron chi connectivity index (χ4n) is 2.68. The Morgan fingerprint density at radius 2 is 1.60 bits per heavy atom. The minimum absolute atomic E-state index is 0.252. The zero-order valence-corrected chi connectivity index (χ0v) is 15.0. The summed E-state index contributed by atoms with van der Waals surface area (Å²) in [6.45, 7) is 3.40. The molecule has 0 spiro atoms. The third-order valence-corrected chi connectivity index (χ3v) is 4.39. The predicted octanol–water partition coefficient (Wildman–Crippen LogP) is 5.77. The smallest absolute Gasteiger partial charge is 0.124 e. The molecule has 3 aromatic rings. The lowest BCUT2D eigenvalue weighted by Gasteiger charge is -2.17. The highest BCUT2D eigenvalue weighted by molar-refractivity contribution is 6.30. The van der Waals surface area contributed by atoms with Crippen LogP contribution in [0.2, 0.25) is 5.02 Å². The second-order valence-electron chi connectivity index (χ2n) is 6.04. The molecule has 0 fully saturated rings. The van der Waals surface area contributed by atoms with Crippen molar-refractivity contribution in [3.8, 4) is 5.75 Å². The summed E-state index contributed by atoms with van der Waals surface area (Å²) in [6.07, 6.45) is 0. The van der Waals surface area contributed by atoms with E-state index < -0.39 is 0 Å². The maximum atomic E-state index is 6.18. The van der Waals surface area contributed by atoms with E-state index in [4.69, 9.17) is 16.3 Å². The Kier molecular flexibility index (Phi) is 6.10. The second kappa shape index (κ2) is 8.70. The average Bonchev–Trinajstić information content (AvgIpc) is 2.67. The molecule has 128 valence electrons. The van der Waals surface area contributed by atoms with Crippen molar-refractivity contribution < 1.29 is 4.74 Å². The Balaban J connectivity index is 1.66. The fraction of sp³-hybridized carbons (Fsp3) is 0.182. The molecule has 0 radical (unpaired) electrons. The molecule has 1 N–H and O–H groups in total. The molecule has 3 aromatic carbocycles. The van der Waals surface area contributed by atoms with E-state index in [1.54, 1.807) is 0 Å². The number of rotatable bonds is 7. The van der Waals surface area contributed by atoms with Gasteiger partial charge in [-0.3, -0.25) is 0 Å². The molecule has 0 amide bonds. The van der Waals surface area contributed by atoms with E-state index in [0.29, 0.717) is 13.2 Å². The summed E-state index contributed by atoms with van der Waals surface area (Å²) in [4.78, 5) is 0. The summed E-state index contributed by atoms with van der Waals surface area (Å²) in [7, 11) is 0. The molecular weight excluding hydrogens is 330 g/mol. The van der Waals surface area contributed by atoms with Crippen LogP contribution in [0, 0.1) is 0 Å². The molecule has 3 heteroatoms. The number of ether oxygens (including phenoxy) is 1. The van der Waals surface area contributed by atoms with Crippen molar-refractivity contribution in [2.75, 3.05) is 0 Å². The molecule has 0 aliphatic carbocycles. The number of benzene rings is 3. The van der Waals surface area contributed by atoms with E-state index in [1.807, 2.05) is 42.5 Å². The van der Waals surface area contributed by atoms with E-state index in [9.17, 15) is 0 Å². The van der Waals surface area contributed by atoms with E-state index in [-0.39, 0.29) is 6.04 Å². The van der Waals surface area contributed by atoms with Crippen LogP contribution in [-0.4, -0.2) is 0 Å². The van der Waals surface area contributed by atoms with Crippen molar-refractivity contribution in [2.24, 2.45) is 0 Å². The van der Waals surface area contributed by atoms with Crippen molar-refractivity contribution >= 4 is 11.6 Å². The summed E-state index contributed by atoms with van der Waals surface area (Å²) in [5.41, 5.74) is 3.47. The van der Waals surface area contributed by atoms with E-state index in [1.165, 1.54) is 5.56 Å². The maximum Gasteiger partial charge on any atom is 0.124 e. The zero-order chi connectivity index (χ0) is 17.5. The van der Waals surface area contributed by atoms with Crippen LogP contribution >= 0.6 is 11.6 Å². The molecule has 0 bridgehead atoms. The maximum absolute atomic E-state index is 6.18. The van der Waals surface area contributed by atoms with Gasteiger partial charge in [0.2, 0.25) is 0 Å². The molecule has 25 heavy (non-hydrogen) atoms. The van der Waals surface area contributed by atoms with Crippen molar-refractivity contribution in [2.45, 2.75) is 26.1 Å². The molecule has 2 nitrogen and oxygen atoms in total. The SMILES string of the molecule is C[C@@H](NCc1cc(Cl)ccc1OCc1ccccc1)c1ccccc1. The van der Waals surface area contributed by atoms with Crippen LogP contribution in [-0.2, 0) is 13.2 Å². The first kappa shape index (κ1) is 17.5. The molecular formula is C22H22ClNO. The Labute approximate surface area is 154 Å². The van der Waals surface area contributed by atoms with E-state index in [2.05, 4.69) is 48.6 Å². The Bertz CT molecular complexity index is 790. The third kappa shape index (κ3) is 5.09. The van der Waals surface area contributed by atoms with E-state index >= 15 is 0 Å². The molecule has 3 rings (SSSR count). The fourth-order valence-corrected chi connectivity index (χ4v) is 2.88. The van der Waals surface area contributed by atoms with Gasteiger partial charge >= 0.3 is 0 Å². The van der Waals surface area contributed by atoms with Gasteiger partial charge < -0.3 is 10.1 Å². The summed E-state index contributed by atoms with van der Waals surface area (Å²) in [5.74, 6) is 0.862. The van der Waals surface area contributed by atoms with Gasteiger partial charge in [-0.25, -0.2) is 0 Å². The lowest BCUT2D eigenvalue weighted by Crippen LogP contribution is -2.18. The Hall–Kier alpha value is -2.29. The second-order valence-corrected chi connectivity index (χ2v) is 6.48. The zero-order valence-electron chi connectivity index (χ0n) is 14.3. The van der Waals surface area contributed by atoms with Gasteiger partial charge in [-0.15, -0.1) is 0 Å². The number of nitrogens with one attached hydrogen (secondary N) is 1. The monoisotopic (exact) mass is 351 g/mol. The van der Waals surface area contributed by atoms with Gasteiger partial charge in [0.15, 0.2) is 0 Å². The van der Waals surface area contributed by atoms with E-state index in [0.717, 1.165) is 21.9 Å². The highest BCUT2D eigenvalue weighted by Gasteiger charge is 2.09. The number of hydrogen-bond acceptors (Lipinski definition) is 2. The van der Waals surface area contributed by atoms with Crippen LogP contribution in [0.3, 0.4) is 0 Å².